The number of hydrogen-bond donors (Lipinski definition) is 0. The summed E-state index contributed by atoms with van der Waals surface area (Å²) in [6, 6.07) is 39.3. The van der Waals surface area contributed by atoms with E-state index in [0.29, 0.717) is 0 Å². The van der Waals surface area contributed by atoms with Gasteiger partial charge in [-0.15, -0.1) is 0 Å². The zero-order valence-corrected chi connectivity index (χ0v) is 16.2. The molecule has 0 aromatic heterocycles. The average Bonchev–Trinajstić information content (AvgIpc) is 2.78. The van der Waals surface area contributed by atoms with Crippen molar-refractivity contribution >= 4 is 0 Å². The second kappa shape index (κ2) is 9.19. The van der Waals surface area contributed by atoms with Crippen LogP contribution in [-0.2, 0) is 25.7 Å². The van der Waals surface area contributed by atoms with Crippen LogP contribution in [0.3, 0.4) is 0 Å². The van der Waals surface area contributed by atoms with Crippen LogP contribution in [0.4, 0.5) is 0 Å². The van der Waals surface area contributed by atoms with Crippen molar-refractivity contribution in [1.29, 1.82) is 0 Å². The monoisotopic (exact) mass is 362 g/mol. The van der Waals surface area contributed by atoms with E-state index >= 15 is 0 Å². The van der Waals surface area contributed by atoms with Crippen molar-refractivity contribution in [3.05, 3.63) is 131 Å². The van der Waals surface area contributed by atoms with E-state index in [9.17, 15) is 0 Å². The summed E-state index contributed by atoms with van der Waals surface area (Å²) in [5.74, 6) is 0. The van der Waals surface area contributed by atoms with E-state index in [1.54, 1.807) is 0 Å². The smallest absolute Gasteiger partial charge is 0.0149 e. The average molecular weight is 363 g/mol. The van der Waals surface area contributed by atoms with E-state index in [1.807, 2.05) is 0 Å². The Morgan fingerprint density at radius 2 is 0.679 bits per heavy atom. The van der Waals surface area contributed by atoms with E-state index in [2.05, 4.69) is 109 Å². The molecule has 138 valence electrons. The predicted octanol–water partition coefficient (Wildman–Crippen LogP) is 6.92. The Hall–Kier alpha value is -3.12. The third kappa shape index (κ3) is 4.58. The number of aryl methyl sites for hydroxylation is 4. The van der Waals surface area contributed by atoms with E-state index in [1.165, 1.54) is 33.4 Å². The zero-order chi connectivity index (χ0) is 19.0. The van der Waals surface area contributed by atoms with Gasteiger partial charge in [-0.05, 0) is 59.1 Å². The molecule has 0 heteroatoms. The summed E-state index contributed by atoms with van der Waals surface area (Å²) in [6.07, 6.45) is 4.27. The standard InChI is InChI=1S/C28H26/c1-3-11-23(12-4-1)19-21-25-15-7-9-17-27(25)28-18-10-8-16-26(28)22-20-24-13-5-2-6-14-24/h1-18H,19-22H2. The Labute approximate surface area is 168 Å². The van der Waals surface area contributed by atoms with Gasteiger partial charge < -0.3 is 0 Å². The van der Waals surface area contributed by atoms with Crippen LogP contribution in [0, 0.1) is 0 Å². The van der Waals surface area contributed by atoms with E-state index in [0.717, 1.165) is 25.7 Å². The lowest BCUT2D eigenvalue weighted by molar-refractivity contribution is 0.951. The lowest BCUT2D eigenvalue weighted by atomic mass is 9.90. The molecule has 0 aliphatic carbocycles. The molecule has 0 aliphatic rings. The molecule has 0 saturated carbocycles. The fourth-order valence-electron chi connectivity index (χ4n) is 3.85. The van der Waals surface area contributed by atoms with Gasteiger partial charge in [0, 0.05) is 0 Å². The minimum Gasteiger partial charge on any atom is -0.0622 e. The van der Waals surface area contributed by atoms with Crippen LogP contribution >= 0.6 is 0 Å². The third-order valence-corrected chi connectivity index (χ3v) is 5.38. The zero-order valence-electron chi connectivity index (χ0n) is 16.2. The molecule has 0 aliphatic heterocycles. The van der Waals surface area contributed by atoms with Gasteiger partial charge in [0.2, 0.25) is 0 Å². The summed E-state index contributed by atoms with van der Waals surface area (Å²) >= 11 is 0. The van der Waals surface area contributed by atoms with Crippen LogP contribution in [0.1, 0.15) is 22.3 Å². The molecule has 4 aromatic rings. The Morgan fingerprint density at radius 1 is 0.321 bits per heavy atom. The second-order valence-electron chi connectivity index (χ2n) is 7.29. The molecule has 0 bridgehead atoms. The van der Waals surface area contributed by atoms with Crippen molar-refractivity contribution in [2.24, 2.45) is 0 Å². The molecule has 28 heavy (non-hydrogen) atoms. The lowest BCUT2D eigenvalue weighted by Crippen LogP contribution is -1.98. The fourth-order valence-corrected chi connectivity index (χ4v) is 3.85. The molecule has 0 saturated heterocycles. The maximum absolute atomic E-state index is 2.28. The largest absolute Gasteiger partial charge is 0.0622 e. The van der Waals surface area contributed by atoms with E-state index in [4.69, 9.17) is 0 Å². The molecule has 0 amide bonds. The maximum atomic E-state index is 2.28. The Morgan fingerprint density at radius 3 is 1.11 bits per heavy atom. The van der Waals surface area contributed by atoms with E-state index < -0.39 is 0 Å². The SMILES string of the molecule is c1ccc(CCc2ccccc2-c2ccccc2CCc2ccccc2)cc1. The molecular formula is C28H26. The molecule has 0 atom stereocenters. The summed E-state index contributed by atoms with van der Waals surface area (Å²) in [4.78, 5) is 0. The summed E-state index contributed by atoms with van der Waals surface area (Å²) in [7, 11) is 0. The van der Waals surface area contributed by atoms with Gasteiger partial charge in [0.05, 0.1) is 0 Å². The van der Waals surface area contributed by atoms with Gasteiger partial charge in [0.15, 0.2) is 0 Å². The molecule has 0 heterocycles. The molecular weight excluding hydrogens is 336 g/mol. The minimum atomic E-state index is 1.06. The highest BCUT2D eigenvalue weighted by Crippen LogP contribution is 2.29. The van der Waals surface area contributed by atoms with Gasteiger partial charge in [0.25, 0.3) is 0 Å². The first-order valence-electron chi connectivity index (χ1n) is 10.1. The first-order valence-corrected chi connectivity index (χ1v) is 10.1. The highest BCUT2D eigenvalue weighted by molar-refractivity contribution is 5.71. The van der Waals surface area contributed by atoms with Crippen molar-refractivity contribution in [2.75, 3.05) is 0 Å². The molecule has 4 aromatic carbocycles. The van der Waals surface area contributed by atoms with Crippen molar-refractivity contribution in [1.82, 2.24) is 0 Å². The molecule has 0 N–H and O–H groups in total. The molecule has 0 spiro atoms. The fraction of sp³-hybridized carbons (Fsp3) is 0.143. The molecule has 4 rings (SSSR count). The van der Waals surface area contributed by atoms with Gasteiger partial charge in [-0.1, -0.05) is 109 Å². The molecule has 0 nitrogen and oxygen atoms in total. The van der Waals surface area contributed by atoms with Crippen LogP contribution in [0.15, 0.2) is 109 Å². The molecule has 0 fully saturated rings. The van der Waals surface area contributed by atoms with Crippen molar-refractivity contribution in [3.8, 4) is 11.1 Å². The molecule has 0 radical (unpaired) electrons. The predicted molar refractivity (Wildman–Crippen MR) is 120 cm³/mol. The van der Waals surface area contributed by atoms with Gasteiger partial charge in [0.1, 0.15) is 0 Å². The van der Waals surface area contributed by atoms with Crippen LogP contribution in [0.25, 0.3) is 11.1 Å². The normalized spacial score (nSPS) is 10.7. The summed E-state index contributed by atoms with van der Waals surface area (Å²) in [6.45, 7) is 0. The Bertz CT molecular complexity index is 915. The molecule has 0 unspecified atom stereocenters. The summed E-state index contributed by atoms with van der Waals surface area (Å²) < 4.78 is 0. The van der Waals surface area contributed by atoms with Gasteiger partial charge in [-0.2, -0.15) is 0 Å². The second-order valence-corrected chi connectivity index (χ2v) is 7.29. The Kier molecular flexibility index (Phi) is 5.99. The first-order chi connectivity index (χ1) is 13.9. The number of benzene rings is 4. The van der Waals surface area contributed by atoms with Crippen LogP contribution in [-0.4, -0.2) is 0 Å². The third-order valence-electron chi connectivity index (χ3n) is 5.38. The quantitative estimate of drug-likeness (QED) is 0.334. The van der Waals surface area contributed by atoms with Gasteiger partial charge >= 0.3 is 0 Å². The van der Waals surface area contributed by atoms with Crippen molar-refractivity contribution in [3.63, 3.8) is 0 Å². The van der Waals surface area contributed by atoms with E-state index in [-0.39, 0.29) is 0 Å². The van der Waals surface area contributed by atoms with Crippen LogP contribution < -0.4 is 0 Å². The highest BCUT2D eigenvalue weighted by Gasteiger charge is 2.09. The van der Waals surface area contributed by atoms with Crippen molar-refractivity contribution < 1.29 is 0 Å². The van der Waals surface area contributed by atoms with Crippen LogP contribution in [0.2, 0.25) is 0 Å². The minimum absolute atomic E-state index is 1.06. The van der Waals surface area contributed by atoms with Gasteiger partial charge in [-0.3, -0.25) is 0 Å². The van der Waals surface area contributed by atoms with Gasteiger partial charge in [-0.25, -0.2) is 0 Å². The van der Waals surface area contributed by atoms with Crippen LogP contribution in [0.5, 0.6) is 0 Å². The summed E-state index contributed by atoms with van der Waals surface area (Å²) in [5.41, 5.74) is 8.41. The van der Waals surface area contributed by atoms with Crippen molar-refractivity contribution in [2.45, 2.75) is 25.7 Å². The highest BCUT2D eigenvalue weighted by atomic mass is 14.1. The lowest BCUT2D eigenvalue weighted by Gasteiger charge is -2.14. The topological polar surface area (TPSA) is 0 Å². The number of hydrogen-bond acceptors (Lipinski definition) is 0. The maximum Gasteiger partial charge on any atom is -0.0149 e. The Balaban J connectivity index is 1.57. The summed E-state index contributed by atoms with van der Waals surface area (Å²) in [5, 5.41) is 0. The number of rotatable bonds is 7. The first kappa shape index (κ1) is 18.3.